The van der Waals surface area contributed by atoms with Gasteiger partial charge in [-0.05, 0) is 39.7 Å². The van der Waals surface area contributed by atoms with Crippen molar-refractivity contribution >= 4 is 16.9 Å². The SMILES string of the molecule is CCC1(C)CCSC(=NCCN(C)C2CC2)N1. The Labute approximate surface area is 109 Å². The molecule has 1 aliphatic carbocycles. The first-order chi connectivity index (χ1) is 8.13. The van der Waals surface area contributed by atoms with E-state index in [1.165, 1.54) is 31.4 Å². The fourth-order valence-electron chi connectivity index (χ4n) is 2.09. The third kappa shape index (κ3) is 3.88. The number of hydrogen-bond acceptors (Lipinski definition) is 3. The van der Waals surface area contributed by atoms with E-state index in [4.69, 9.17) is 4.99 Å². The Hall–Kier alpha value is -0.220. The second-order valence-corrected chi connectivity index (χ2v) is 6.62. The van der Waals surface area contributed by atoms with Crippen molar-refractivity contribution in [3.8, 4) is 0 Å². The van der Waals surface area contributed by atoms with Gasteiger partial charge in [-0.3, -0.25) is 4.99 Å². The largest absolute Gasteiger partial charge is 0.360 e. The van der Waals surface area contributed by atoms with Gasteiger partial charge in [0.1, 0.15) is 0 Å². The lowest BCUT2D eigenvalue weighted by Crippen LogP contribution is -2.48. The predicted molar refractivity (Wildman–Crippen MR) is 76.9 cm³/mol. The first-order valence-electron chi connectivity index (χ1n) is 6.78. The van der Waals surface area contributed by atoms with Crippen LogP contribution in [0.3, 0.4) is 0 Å². The molecule has 0 aromatic heterocycles. The first kappa shape index (κ1) is 13.2. The first-order valence-corrected chi connectivity index (χ1v) is 7.77. The minimum atomic E-state index is 0.270. The quantitative estimate of drug-likeness (QED) is 0.817. The van der Waals surface area contributed by atoms with Gasteiger partial charge in [0.15, 0.2) is 5.17 Å². The summed E-state index contributed by atoms with van der Waals surface area (Å²) >= 11 is 1.88. The second-order valence-electron chi connectivity index (χ2n) is 5.54. The lowest BCUT2D eigenvalue weighted by Gasteiger charge is -2.35. The molecule has 2 rings (SSSR count). The zero-order valence-corrected chi connectivity index (χ0v) is 12.1. The third-order valence-electron chi connectivity index (χ3n) is 3.96. The van der Waals surface area contributed by atoms with E-state index in [0.717, 1.165) is 24.3 Å². The van der Waals surface area contributed by atoms with Crippen molar-refractivity contribution in [3.63, 3.8) is 0 Å². The molecule has 2 aliphatic rings. The minimum Gasteiger partial charge on any atom is -0.360 e. The summed E-state index contributed by atoms with van der Waals surface area (Å²) in [4.78, 5) is 7.14. The Kier molecular flexibility index (Phi) is 4.36. The van der Waals surface area contributed by atoms with Gasteiger partial charge in [-0.15, -0.1) is 0 Å². The van der Waals surface area contributed by atoms with Gasteiger partial charge in [0.05, 0.1) is 6.54 Å². The molecule has 1 aliphatic heterocycles. The molecular formula is C13H25N3S. The predicted octanol–water partition coefficient (Wildman–Crippen LogP) is 2.33. The Morgan fingerprint density at radius 3 is 2.94 bits per heavy atom. The molecule has 0 radical (unpaired) electrons. The molecule has 0 aromatic rings. The van der Waals surface area contributed by atoms with Crippen LogP contribution in [-0.4, -0.2) is 47.5 Å². The summed E-state index contributed by atoms with van der Waals surface area (Å²) in [5.74, 6) is 1.20. The molecule has 17 heavy (non-hydrogen) atoms. The Bertz CT molecular complexity index is 288. The molecule has 3 nitrogen and oxygen atoms in total. The topological polar surface area (TPSA) is 27.6 Å². The summed E-state index contributed by atoms with van der Waals surface area (Å²) in [6.07, 6.45) is 5.19. The standard InChI is InChI=1S/C13H25N3S/c1-4-13(2)7-10-17-12(15-13)14-8-9-16(3)11-5-6-11/h11H,4-10H2,1-3H3,(H,14,15). The van der Waals surface area contributed by atoms with Crippen molar-refractivity contribution in [1.82, 2.24) is 10.2 Å². The smallest absolute Gasteiger partial charge is 0.157 e. The normalized spacial score (nSPS) is 31.9. The van der Waals surface area contributed by atoms with Gasteiger partial charge in [0.2, 0.25) is 0 Å². The molecule has 0 spiro atoms. The molecule has 1 heterocycles. The van der Waals surface area contributed by atoms with Crippen LogP contribution < -0.4 is 5.32 Å². The van der Waals surface area contributed by atoms with Gasteiger partial charge >= 0.3 is 0 Å². The molecule has 0 bridgehead atoms. The molecular weight excluding hydrogens is 230 g/mol. The summed E-state index contributed by atoms with van der Waals surface area (Å²) in [6.45, 7) is 6.58. The van der Waals surface area contributed by atoms with Crippen molar-refractivity contribution in [2.45, 2.75) is 51.1 Å². The zero-order valence-electron chi connectivity index (χ0n) is 11.3. The zero-order chi connectivity index (χ0) is 12.3. The highest BCUT2D eigenvalue weighted by molar-refractivity contribution is 8.13. The van der Waals surface area contributed by atoms with E-state index < -0.39 is 0 Å². The summed E-state index contributed by atoms with van der Waals surface area (Å²) < 4.78 is 0. The van der Waals surface area contributed by atoms with Crippen molar-refractivity contribution in [3.05, 3.63) is 0 Å². The Balaban J connectivity index is 1.76. The summed E-state index contributed by atoms with van der Waals surface area (Å²) in [5.41, 5.74) is 0.270. The number of rotatable bonds is 5. The van der Waals surface area contributed by atoms with E-state index in [0.29, 0.717) is 0 Å². The van der Waals surface area contributed by atoms with Gasteiger partial charge in [-0.1, -0.05) is 18.7 Å². The van der Waals surface area contributed by atoms with Crippen LogP contribution in [-0.2, 0) is 0 Å². The molecule has 1 saturated carbocycles. The average molecular weight is 255 g/mol. The summed E-state index contributed by atoms with van der Waals surface area (Å²) in [7, 11) is 2.22. The van der Waals surface area contributed by atoms with Crippen LogP contribution in [0.5, 0.6) is 0 Å². The monoisotopic (exact) mass is 255 g/mol. The van der Waals surface area contributed by atoms with E-state index in [9.17, 15) is 0 Å². The lowest BCUT2D eigenvalue weighted by molar-refractivity contribution is 0.333. The van der Waals surface area contributed by atoms with E-state index in [-0.39, 0.29) is 5.54 Å². The molecule has 98 valence electrons. The average Bonchev–Trinajstić information content (AvgIpc) is 3.13. The van der Waals surface area contributed by atoms with Crippen LogP contribution in [0.25, 0.3) is 0 Å². The number of hydrogen-bond donors (Lipinski definition) is 1. The molecule has 1 saturated heterocycles. The van der Waals surface area contributed by atoms with Crippen LogP contribution in [0.15, 0.2) is 4.99 Å². The molecule has 1 unspecified atom stereocenters. The summed E-state index contributed by atoms with van der Waals surface area (Å²) in [6, 6.07) is 0.850. The number of thioether (sulfide) groups is 1. The van der Waals surface area contributed by atoms with Crippen molar-refractivity contribution in [2.75, 3.05) is 25.9 Å². The summed E-state index contributed by atoms with van der Waals surface area (Å²) in [5, 5.41) is 4.75. The van der Waals surface area contributed by atoms with Gasteiger partial charge < -0.3 is 10.2 Å². The van der Waals surface area contributed by atoms with Gasteiger partial charge in [-0.25, -0.2) is 0 Å². The van der Waals surface area contributed by atoms with Crippen LogP contribution >= 0.6 is 11.8 Å². The van der Waals surface area contributed by atoms with Crippen LogP contribution in [0.4, 0.5) is 0 Å². The second kappa shape index (κ2) is 5.61. The number of nitrogens with zero attached hydrogens (tertiary/aromatic N) is 2. The van der Waals surface area contributed by atoms with Crippen molar-refractivity contribution in [1.29, 1.82) is 0 Å². The van der Waals surface area contributed by atoms with E-state index >= 15 is 0 Å². The van der Waals surface area contributed by atoms with Gasteiger partial charge in [0, 0.05) is 23.9 Å². The highest BCUT2D eigenvalue weighted by Crippen LogP contribution is 2.26. The van der Waals surface area contributed by atoms with Gasteiger partial charge in [0.25, 0.3) is 0 Å². The molecule has 0 amide bonds. The van der Waals surface area contributed by atoms with E-state index in [2.05, 4.69) is 31.1 Å². The number of aliphatic imine (C=N–C) groups is 1. The van der Waals surface area contributed by atoms with Crippen LogP contribution in [0.2, 0.25) is 0 Å². The Morgan fingerprint density at radius 2 is 2.29 bits per heavy atom. The molecule has 1 atom stereocenters. The van der Waals surface area contributed by atoms with E-state index in [1.807, 2.05) is 11.8 Å². The minimum absolute atomic E-state index is 0.270. The maximum Gasteiger partial charge on any atom is 0.157 e. The Morgan fingerprint density at radius 1 is 1.53 bits per heavy atom. The highest BCUT2D eigenvalue weighted by atomic mass is 32.2. The van der Waals surface area contributed by atoms with Crippen LogP contribution in [0, 0.1) is 0 Å². The lowest BCUT2D eigenvalue weighted by atomic mass is 9.96. The fraction of sp³-hybridized carbons (Fsp3) is 0.923. The molecule has 4 heteroatoms. The fourth-order valence-corrected chi connectivity index (χ4v) is 3.33. The third-order valence-corrected chi connectivity index (χ3v) is 4.87. The van der Waals surface area contributed by atoms with Crippen LogP contribution in [0.1, 0.15) is 39.5 Å². The van der Waals surface area contributed by atoms with Gasteiger partial charge in [-0.2, -0.15) is 0 Å². The van der Waals surface area contributed by atoms with Crippen molar-refractivity contribution in [2.24, 2.45) is 4.99 Å². The van der Waals surface area contributed by atoms with Crippen molar-refractivity contribution < 1.29 is 0 Å². The molecule has 0 aromatic carbocycles. The number of nitrogens with one attached hydrogen (secondary N) is 1. The maximum atomic E-state index is 4.70. The highest BCUT2D eigenvalue weighted by Gasteiger charge is 2.28. The van der Waals surface area contributed by atoms with E-state index in [1.54, 1.807) is 0 Å². The molecule has 1 N–H and O–H groups in total. The number of likely N-dealkylation sites (N-methyl/N-ethyl adjacent to an activating group) is 1. The maximum absolute atomic E-state index is 4.70. The molecule has 2 fully saturated rings. The number of amidine groups is 1.